The summed E-state index contributed by atoms with van der Waals surface area (Å²) in [4.78, 5) is 17.2. The molecule has 0 aliphatic rings. The van der Waals surface area contributed by atoms with E-state index in [1.165, 1.54) is 18.4 Å². The summed E-state index contributed by atoms with van der Waals surface area (Å²) in [5, 5.41) is 3.81. The third-order valence-electron chi connectivity index (χ3n) is 2.76. The molecule has 100 valence electrons. The molecule has 0 aliphatic carbocycles. The predicted octanol–water partition coefficient (Wildman–Crippen LogP) is 2.87. The van der Waals surface area contributed by atoms with Gasteiger partial charge in [-0.15, -0.1) is 11.3 Å². The molecule has 6 heteroatoms. The van der Waals surface area contributed by atoms with Crippen LogP contribution in [0.3, 0.4) is 0 Å². The smallest absolute Gasteiger partial charge is 0.340 e. The van der Waals surface area contributed by atoms with Crippen LogP contribution in [0.25, 0.3) is 0 Å². The molecule has 0 atom stereocenters. The minimum absolute atomic E-state index is 0.396. The van der Waals surface area contributed by atoms with Crippen LogP contribution >= 0.6 is 11.3 Å². The summed E-state index contributed by atoms with van der Waals surface area (Å²) in [6, 6.07) is 5.10. The largest absolute Gasteiger partial charge is 0.465 e. The van der Waals surface area contributed by atoms with Gasteiger partial charge in [0.25, 0.3) is 0 Å². The second kappa shape index (κ2) is 5.27. The number of nitrogens with one attached hydrogen (secondary N) is 1. The molecule has 0 bridgehead atoms. The lowest BCUT2D eigenvalue weighted by molar-refractivity contribution is 0.0602. The average Bonchev–Trinajstić information content (AvgIpc) is 2.70. The lowest BCUT2D eigenvalue weighted by Crippen LogP contribution is -2.07. The third kappa shape index (κ3) is 2.68. The van der Waals surface area contributed by atoms with Gasteiger partial charge in [0.05, 0.1) is 29.7 Å². The summed E-state index contributed by atoms with van der Waals surface area (Å²) >= 11 is 1.52. The number of carbonyl (C=O) groups excluding carboxylic acids is 1. The zero-order chi connectivity index (χ0) is 14.0. The zero-order valence-corrected chi connectivity index (χ0v) is 11.8. The first-order valence-electron chi connectivity index (χ1n) is 5.70. The number of ether oxygens (including phenoxy) is 1. The molecule has 1 heterocycles. The third-order valence-corrected chi connectivity index (χ3v) is 3.75. The lowest BCUT2D eigenvalue weighted by atomic mass is 10.1. The van der Waals surface area contributed by atoms with Crippen molar-refractivity contribution >= 4 is 33.8 Å². The van der Waals surface area contributed by atoms with Gasteiger partial charge in [0.1, 0.15) is 0 Å². The molecule has 0 unspecified atom stereocenters. The van der Waals surface area contributed by atoms with Crippen LogP contribution < -0.4 is 11.1 Å². The van der Waals surface area contributed by atoms with Crippen molar-refractivity contribution in [3.8, 4) is 0 Å². The average molecular weight is 277 g/mol. The SMILES string of the molecule is COC(=O)c1cccc(N)c1Nc1nc(C)c(C)s1. The summed E-state index contributed by atoms with van der Waals surface area (Å²) in [7, 11) is 1.34. The number of esters is 1. The Morgan fingerprint density at radius 3 is 2.74 bits per heavy atom. The van der Waals surface area contributed by atoms with Crippen molar-refractivity contribution in [2.45, 2.75) is 13.8 Å². The molecule has 0 aliphatic heterocycles. The van der Waals surface area contributed by atoms with Crippen molar-refractivity contribution in [2.75, 3.05) is 18.2 Å². The number of hydrogen-bond acceptors (Lipinski definition) is 6. The fourth-order valence-corrected chi connectivity index (χ4v) is 2.44. The highest BCUT2D eigenvalue weighted by Gasteiger charge is 2.15. The van der Waals surface area contributed by atoms with E-state index in [4.69, 9.17) is 10.5 Å². The van der Waals surface area contributed by atoms with Crippen molar-refractivity contribution in [2.24, 2.45) is 0 Å². The molecule has 2 rings (SSSR count). The van der Waals surface area contributed by atoms with Crippen LogP contribution in [0.1, 0.15) is 20.9 Å². The Balaban J connectivity index is 2.41. The molecule has 3 N–H and O–H groups in total. The van der Waals surface area contributed by atoms with Gasteiger partial charge in [-0.05, 0) is 26.0 Å². The number of benzene rings is 1. The number of hydrogen-bond donors (Lipinski definition) is 2. The molecule has 0 saturated carbocycles. The summed E-state index contributed by atoms with van der Waals surface area (Å²) in [5.41, 5.74) is 8.28. The number of nitrogens with two attached hydrogens (primary N) is 1. The minimum atomic E-state index is -0.431. The monoisotopic (exact) mass is 277 g/mol. The number of nitrogen functional groups attached to an aromatic ring is 1. The van der Waals surface area contributed by atoms with Gasteiger partial charge < -0.3 is 15.8 Å². The zero-order valence-electron chi connectivity index (χ0n) is 11.0. The Bertz CT molecular complexity index is 603. The number of methoxy groups -OCH3 is 1. The second-order valence-electron chi connectivity index (χ2n) is 4.05. The van der Waals surface area contributed by atoms with Gasteiger partial charge in [0, 0.05) is 4.88 Å². The molecular formula is C13H15N3O2S. The first-order chi connectivity index (χ1) is 9.02. The maximum atomic E-state index is 11.7. The molecule has 19 heavy (non-hydrogen) atoms. The van der Waals surface area contributed by atoms with Gasteiger partial charge in [-0.1, -0.05) is 6.07 Å². The van der Waals surface area contributed by atoms with Gasteiger partial charge in [-0.2, -0.15) is 0 Å². The normalized spacial score (nSPS) is 10.3. The summed E-state index contributed by atoms with van der Waals surface area (Å²) < 4.78 is 4.75. The minimum Gasteiger partial charge on any atom is -0.465 e. The van der Waals surface area contributed by atoms with Crippen LogP contribution in [0.4, 0.5) is 16.5 Å². The fourth-order valence-electron chi connectivity index (χ4n) is 1.62. The van der Waals surface area contributed by atoms with E-state index < -0.39 is 5.97 Å². The summed E-state index contributed by atoms with van der Waals surface area (Å²) in [6.45, 7) is 3.93. The molecule has 0 spiro atoms. The van der Waals surface area contributed by atoms with Crippen LogP contribution in [0.2, 0.25) is 0 Å². The molecule has 5 nitrogen and oxygen atoms in total. The van der Waals surface area contributed by atoms with Crippen LogP contribution in [0.5, 0.6) is 0 Å². The maximum Gasteiger partial charge on any atom is 0.340 e. The van der Waals surface area contributed by atoms with E-state index in [0.717, 1.165) is 10.6 Å². The fraction of sp³-hybridized carbons (Fsp3) is 0.231. The molecule has 0 amide bonds. The second-order valence-corrected chi connectivity index (χ2v) is 5.25. The van der Waals surface area contributed by atoms with E-state index in [1.54, 1.807) is 18.2 Å². The number of carbonyl (C=O) groups is 1. The molecule has 0 saturated heterocycles. The molecule has 1 aromatic carbocycles. The van der Waals surface area contributed by atoms with Crippen molar-refractivity contribution < 1.29 is 9.53 Å². The van der Waals surface area contributed by atoms with E-state index in [2.05, 4.69) is 10.3 Å². The highest BCUT2D eigenvalue weighted by Crippen LogP contribution is 2.30. The number of aryl methyl sites for hydroxylation is 2. The molecule has 2 aromatic rings. The molecule has 0 radical (unpaired) electrons. The van der Waals surface area contributed by atoms with Gasteiger partial charge in [-0.3, -0.25) is 0 Å². The standard InChI is InChI=1S/C13H15N3O2S/c1-7-8(2)19-13(15-7)16-11-9(12(17)18-3)5-4-6-10(11)14/h4-6H,14H2,1-3H3,(H,15,16). The van der Waals surface area contributed by atoms with Crippen molar-refractivity contribution in [3.05, 3.63) is 34.3 Å². The first-order valence-corrected chi connectivity index (χ1v) is 6.52. The Kier molecular flexibility index (Phi) is 3.71. The van der Waals surface area contributed by atoms with Gasteiger partial charge in [-0.25, -0.2) is 9.78 Å². The molecular weight excluding hydrogens is 262 g/mol. The van der Waals surface area contributed by atoms with Crippen LogP contribution in [0, 0.1) is 13.8 Å². The van der Waals surface area contributed by atoms with Crippen molar-refractivity contribution in [1.29, 1.82) is 0 Å². The molecule has 0 fully saturated rings. The van der Waals surface area contributed by atoms with E-state index in [-0.39, 0.29) is 0 Å². The Hall–Kier alpha value is -2.08. The predicted molar refractivity (Wildman–Crippen MR) is 77.1 cm³/mol. The molecule has 1 aromatic heterocycles. The van der Waals surface area contributed by atoms with Gasteiger partial charge >= 0.3 is 5.97 Å². The Labute approximate surface area is 115 Å². The number of para-hydroxylation sites is 1. The maximum absolute atomic E-state index is 11.7. The van der Waals surface area contributed by atoms with Gasteiger partial charge in [0.15, 0.2) is 5.13 Å². The van der Waals surface area contributed by atoms with E-state index >= 15 is 0 Å². The number of aromatic nitrogens is 1. The number of rotatable bonds is 3. The first kappa shape index (κ1) is 13.4. The van der Waals surface area contributed by atoms with Crippen molar-refractivity contribution in [1.82, 2.24) is 4.98 Å². The van der Waals surface area contributed by atoms with Crippen LogP contribution in [-0.2, 0) is 4.74 Å². The van der Waals surface area contributed by atoms with Gasteiger partial charge in [0.2, 0.25) is 0 Å². The lowest BCUT2D eigenvalue weighted by Gasteiger charge is -2.11. The quantitative estimate of drug-likeness (QED) is 0.666. The van der Waals surface area contributed by atoms with Crippen LogP contribution in [-0.4, -0.2) is 18.1 Å². The Morgan fingerprint density at radius 1 is 1.42 bits per heavy atom. The summed E-state index contributed by atoms with van der Waals surface area (Å²) in [5.74, 6) is -0.431. The highest BCUT2D eigenvalue weighted by molar-refractivity contribution is 7.15. The van der Waals surface area contributed by atoms with E-state index in [0.29, 0.717) is 22.1 Å². The number of anilines is 3. The van der Waals surface area contributed by atoms with Crippen molar-refractivity contribution in [3.63, 3.8) is 0 Å². The van der Waals surface area contributed by atoms with E-state index in [9.17, 15) is 4.79 Å². The topological polar surface area (TPSA) is 77.2 Å². The summed E-state index contributed by atoms with van der Waals surface area (Å²) in [6.07, 6.45) is 0. The number of nitrogens with zero attached hydrogens (tertiary/aromatic N) is 1. The number of thiazole rings is 1. The highest BCUT2D eigenvalue weighted by atomic mass is 32.1. The van der Waals surface area contributed by atoms with E-state index in [1.807, 2.05) is 13.8 Å². The van der Waals surface area contributed by atoms with Crippen LogP contribution in [0.15, 0.2) is 18.2 Å². The Morgan fingerprint density at radius 2 is 2.16 bits per heavy atom.